The molecule has 0 saturated heterocycles. The van der Waals surface area contributed by atoms with Gasteiger partial charge in [-0.1, -0.05) is 36.4 Å². The topological polar surface area (TPSA) is 38.3 Å². The van der Waals surface area contributed by atoms with Gasteiger partial charge in [-0.2, -0.15) is 0 Å². The zero-order valence-electron chi connectivity index (χ0n) is 11.8. The molecular weight excluding hydrogens is 250 g/mol. The van der Waals surface area contributed by atoms with Crippen molar-refractivity contribution in [1.29, 1.82) is 0 Å². The Bertz CT molecular complexity index is 646. The molecule has 20 heavy (non-hydrogen) atoms. The summed E-state index contributed by atoms with van der Waals surface area (Å²) in [4.78, 5) is 12.1. The summed E-state index contributed by atoms with van der Waals surface area (Å²) in [6.07, 6.45) is 1.77. The van der Waals surface area contributed by atoms with E-state index in [-0.39, 0.29) is 17.4 Å². The van der Waals surface area contributed by atoms with Gasteiger partial charge in [0.1, 0.15) is 0 Å². The minimum Gasteiger partial charge on any atom is -0.469 e. The largest absolute Gasteiger partial charge is 0.469 e. The van der Waals surface area contributed by atoms with Crippen LogP contribution in [0.2, 0.25) is 0 Å². The quantitative estimate of drug-likeness (QED) is 0.867. The Morgan fingerprint density at radius 3 is 2.50 bits per heavy atom. The second-order valence-electron chi connectivity index (χ2n) is 5.48. The molecule has 1 saturated carbocycles. The Hall–Kier alpha value is -1.87. The van der Waals surface area contributed by atoms with Crippen LogP contribution in [0.15, 0.2) is 42.5 Å². The molecule has 0 aliphatic heterocycles. The Kier molecular flexibility index (Phi) is 3.22. The lowest BCUT2D eigenvalue weighted by Crippen LogP contribution is -2.33. The van der Waals surface area contributed by atoms with Crippen molar-refractivity contribution in [3.63, 3.8) is 0 Å². The fourth-order valence-electron chi connectivity index (χ4n) is 3.10. The molecule has 2 aromatic carbocycles. The number of ether oxygens (including phenoxy) is 1. The molecule has 2 aromatic rings. The van der Waals surface area contributed by atoms with Gasteiger partial charge in [0.05, 0.1) is 12.5 Å². The predicted octanol–water partition coefficient (Wildman–Crippen LogP) is 3.05. The summed E-state index contributed by atoms with van der Waals surface area (Å²) in [5.41, 5.74) is 0.764. The number of fused-ring (bicyclic) bond motifs is 1. The minimum atomic E-state index is -0.383. The van der Waals surface area contributed by atoms with Crippen LogP contribution >= 0.6 is 0 Å². The normalized spacial score (nSPS) is 17.7. The van der Waals surface area contributed by atoms with Crippen molar-refractivity contribution in [2.75, 3.05) is 14.2 Å². The number of nitrogens with one attached hydrogen (secondary N) is 1. The zero-order chi connectivity index (χ0) is 14.2. The summed E-state index contributed by atoms with van der Waals surface area (Å²) in [5, 5.41) is 5.72. The van der Waals surface area contributed by atoms with E-state index in [0.29, 0.717) is 0 Å². The molecule has 1 N–H and O–H groups in total. The van der Waals surface area contributed by atoms with Gasteiger partial charge in [0.15, 0.2) is 0 Å². The van der Waals surface area contributed by atoms with Gasteiger partial charge in [-0.15, -0.1) is 0 Å². The summed E-state index contributed by atoms with van der Waals surface area (Å²) in [6.45, 7) is 0. The van der Waals surface area contributed by atoms with Crippen LogP contribution in [0.25, 0.3) is 10.8 Å². The van der Waals surface area contributed by atoms with Crippen molar-refractivity contribution in [3.05, 3.63) is 48.0 Å². The number of esters is 1. The van der Waals surface area contributed by atoms with Crippen LogP contribution in [0.4, 0.5) is 0 Å². The molecule has 1 unspecified atom stereocenters. The van der Waals surface area contributed by atoms with Crippen molar-refractivity contribution < 1.29 is 9.53 Å². The van der Waals surface area contributed by atoms with Gasteiger partial charge in [-0.25, -0.2) is 0 Å². The summed E-state index contributed by atoms with van der Waals surface area (Å²) >= 11 is 0. The number of benzene rings is 2. The lowest BCUT2D eigenvalue weighted by molar-refractivity contribution is -0.148. The molecule has 1 atom stereocenters. The minimum absolute atomic E-state index is 0.0135. The molecule has 0 spiro atoms. The van der Waals surface area contributed by atoms with Crippen LogP contribution in [0, 0.1) is 5.41 Å². The molecule has 3 rings (SSSR count). The second kappa shape index (κ2) is 4.91. The third kappa shape index (κ3) is 1.98. The highest BCUT2D eigenvalue weighted by atomic mass is 16.5. The molecule has 0 bridgehead atoms. The molecule has 1 aliphatic carbocycles. The van der Waals surface area contributed by atoms with E-state index in [2.05, 4.69) is 35.6 Å². The first-order valence-electron chi connectivity index (χ1n) is 6.96. The van der Waals surface area contributed by atoms with E-state index < -0.39 is 0 Å². The van der Waals surface area contributed by atoms with E-state index in [1.54, 1.807) is 0 Å². The van der Waals surface area contributed by atoms with E-state index in [9.17, 15) is 4.79 Å². The Morgan fingerprint density at radius 1 is 1.20 bits per heavy atom. The average molecular weight is 269 g/mol. The van der Waals surface area contributed by atoms with E-state index in [0.717, 1.165) is 18.4 Å². The SMILES string of the molecule is CNC(c1ccc2ccccc2c1)C1(C(=O)OC)CC1. The number of methoxy groups -OCH3 is 1. The van der Waals surface area contributed by atoms with Gasteiger partial charge in [-0.05, 0) is 42.3 Å². The lowest BCUT2D eigenvalue weighted by atomic mass is 9.89. The highest BCUT2D eigenvalue weighted by Crippen LogP contribution is 2.55. The van der Waals surface area contributed by atoms with Gasteiger partial charge in [0.2, 0.25) is 0 Å². The van der Waals surface area contributed by atoms with Gasteiger partial charge in [0.25, 0.3) is 0 Å². The fourth-order valence-corrected chi connectivity index (χ4v) is 3.10. The third-order valence-corrected chi connectivity index (χ3v) is 4.33. The van der Waals surface area contributed by atoms with E-state index in [1.807, 2.05) is 19.2 Å². The summed E-state index contributed by atoms with van der Waals surface area (Å²) in [5.74, 6) is -0.106. The number of carbonyl (C=O) groups excluding carboxylic acids is 1. The Morgan fingerprint density at radius 2 is 1.90 bits per heavy atom. The molecule has 104 valence electrons. The number of hydrogen-bond acceptors (Lipinski definition) is 3. The van der Waals surface area contributed by atoms with Crippen molar-refractivity contribution in [2.24, 2.45) is 5.41 Å². The smallest absolute Gasteiger partial charge is 0.313 e. The molecular formula is C17H19NO2. The average Bonchev–Trinajstić information content (AvgIpc) is 3.28. The maximum absolute atomic E-state index is 12.1. The van der Waals surface area contributed by atoms with Crippen LogP contribution < -0.4 is 5.32 Å². The maximum Gasteiger partial charge on any atom is 0.313 e. The van der Waals surface area contributed by atoms with Crippen molar-refractivity contribution in [1.82, 2.24) is 5.32 Å². The highest BCUT2D eigenvalue weighted by molar-refractivity contribution is 5.84. The first-order valence-corrected chi connectivity index (χ1v) is 6.96. The second-order valence-corrected chi connectivity index (χ2v) is 5.48. The molecule has 1 aliphatic rings. The number of rotatable bonds is 4. The Labute approximate surface area is 118 Å². The van der Waals surface area contributed by atoms with Crippen molar-refractivity contribution >= 4 is 16.7 Å². The molecule has 0 heterocycles. The van der Waals surface area contributed by atoms with Gasteiger partial charge < -0.3 is 10.1 Å². The monoisotopic (exact) mass is 269 g/mol. The van der Waals surface area contributed by atoms with E-state index in [4.69, 9.17) is 4.74 Å². The molecule has 3 heteroatoms. The predicted molar refractivity (Wildman–Crippen MR) is 79.4 cm³/mol. The van der Waals surface area contributed by atoms with Gasteiger partial charge in [-0.3, -0.25) is 4.79 Å². The molecule has 0 aromatic heterocycles. The van der Waals surface area contributed by atoms with Crippen LogP contribution in [0.5, 0.6) is 0 Å². The van der Waals surface area contributed by atoms with Crippen molar-refractivity contribution in [3.8, 4) is 0 Å². The van der Waals surface area contributed by atoms with Gasteiger partial charge >= 0.3 is 5.97 Å². The van der Waals surface area contributed by atoms with Crippen molar-refractivity contribution in [2.45, 2.75) is 18.9 Å². The molecule has 0 radical (unpaired) electrons. The van der Waals surface area contributed by atoms with E-state index >= 15 is 0 Å². The number of hydrogen-bond donors (Lipinski definition) is 1. The van der Waals surface area contributed by atoms with Crippen LogP contribution in [0.3, 0.4) is 0 Å². The standard InChI is InChI=1S/C17H19NO2/c1-18-15(17(9-10-17)16(19)20-2)14-8-7-12-5-3-4-6-13(12)11-14/h3-8,11,15,18H,9-10H2,1-2H3. The maximum atomic E-state index is 12.1. The summed E-state index contributed by atoms with van der Waals surface area (Å²) in [7, 11) is 3.37. The molecule has 0 amide bonds. The van der Waals surface area contributed by atoms with Crippen LogP contribution in [-0.4, -0.2) is 20.1 Å². The first kappa shape index (κ1) is 13.1. The highest BCUT2D eigenvalue weighted by Gasteiger charge is 2.56. The third-order valence-electron chi connectivity index (χ3n) is 4.33. The fraction of sp³-hybridized carbons (Fsp3) is 0.353. The van der Waals surface area contributed by atoms with Crippen LogP contribution in [-0.2, 0) is 9.53 Å². The summed E-state index contributed by atoms with van der Waals surface area (Å²) < 4.78 is 4.99. The van der Waals surface area contributed by atoms with Crippen LogP contribution in [0.1, 0.15) is 24.4 Å². The summed E-state index contributed by atoms with van der Waals surface area (Å²) in [6, 6.07) is 14.7. The Balaban J connectivity index is 2.01. The van der Waals surface area contributed by atoms with Gasteiger partial charge in [0, 0.05) is 6.04 Å². The van der Waals surface area contributed by atoms with E-state index in [1.165, 1.54) is 17.9 Å². The number of carbonyl (C=O) groups is 1. The molecule has 3 nitrogen and oxygen atoms in total. The molecule has 1 fully saturated rings. The zero-order valence-corrected chi connectivity index (χ0v) is 11.8. The first-order chi connectivity index (χ1) is 9.71. The lowest BCUT2D eigenvalue weighted by Gasteiger charge is -2.25.